The van der Waals surface area contributed by atoms with Crippen molar-refractivity contribution in [1.29, 1.82) is 0 Å². The van der Waals surface area contributed by atoms with Gasteiger partial charge in [0, 0.05) is 13.0 Å². The lowest BCUT2D eigenvalue weighted by Crippen LogP contribution is -2.44. The van der Waals surface area contributed by atoms with Crippen molar-refractivity contribution in [1.82, 2.24) is 5.32 Å². The van der Waals surface area contributed by atoms with E-state index in [-0.39, 0.29) is 18.1 Å². The number of amides is 1. The summed E-state index contributed by atoms with van der Waals surface area (Å²) in [6.45, 7) is 0.828. The predicted molar refractivity (Wildman–Crippen MR) is 79.4 cm³/mol. The largest absolute Gasteiger partial charge is 0.504 e. The molecule has 8 nitrogen and oxygen atoms in total. The van der Waals surface area contributed by atoms with E-state index in [2.05, 4.69) is 14.8 Å². The molecule has 0 unspecified atom stereocenters. The monoisotopic (exact) mass is 323 g/mol. The van der Waals surface area contributed by atoms with Crippen LogP contribution in [-0.4, -0.2) is 47.8 Å². The molecule has 0 fully saturated rings. The van der Waals surface area contributed by atoms with E-state index in [0.717, 1.165) is 13.2 Å². The minimum absolute atomic E-state index is 0.279. The van der Waals surface area contributed by atoms with Crippen molar-refractivity contribution in [3.05, 3.63) is 29.8 Å². The highest BCUT2D eigenvalue weighted by molar-refractivity contribution is 5.94. The lowest BCUT2D eigenvalue weighted by atomic mass is 10.2. The Hall–Kier alpha value is -3.03. The Morgan fingerprint density at radius 1 is 1.26 bits per heavy atom. The van der Waals surface area contributed by atoms with Crippen LogP contribution >= 0.6 is 0 Å². The van der Waals surface area contributed by atoms with Crippen LogP contribution in [0.3, 0.4) is 0 Å². The highest BCUT2D eigenvalue weighted by atomic mass is 16.5. The van der Waals surface area contributed by atoms with E-state index in [1.54, 1.807) is 0 Å². The minimum Gasteiger partial charge on any atom is -0.504 e. The number of nitrogens with one attached hydrogen (secondary N) is 1. The van der Waals surface area contributed by atoms with E-state index in [4.69, 9.17) is 0 Å². The van der Waals surface area contributed by atoms with Gasteiger partial charge in [0.05, 0.1) is 7.11 Å². The number of carbonyl (C=O) groups excluding carboxylic acids is 3. The molecule has 1 atom stereocenters. The maximum atomic E-state index is 11.8. The van der Waals surface area contributed by atoms with Gasteiger partial charge >= 0.3 is 11.9 Å². The lowest BCUT2D eigenvalue weighted by molar-refractivity contribution is -0.150. The molecule has 1 aromatic rings. The third kappa shape index (κ3) is 6.08. The van der Waals surface area contributed by atoms with Crippen LogP contribution in [0.4, 0.5) is 0 Å². The fourth-order valence-electron chi connectivity index (χ4n) is 1.55. The van der Waals surface area contributed by atoms with Gasteiger partial charge in [-0.15, -0.1) is 0 Å². The minimum atomic E-state index is -1.13. The van der Waals surface area contributed by atoms with Crippen molar-refractivity contribution in [2.45, 2.75) is 13.0 Å². The van der Waals surface area contributed by atoms with Crippen molar-refractivity contribution in [3.8, 4) is 11.5 Å². The summed E-state index contributed by atoms with van der Waals surface area (Å²) in [6.07, 6.45) is 2.49. The number of phenols is 2. The van der Waals surface area contributed by atoms with Gasteiger partial charge in [-0.25, -0.2) is 4.79 Å². The average molecular weight is 323 g/mol. The molecule has 0 bridgehead atoms. The van der Waals surface area contributed by atoms with Gasteiger partial charge in [0.2, 0.25) is 5.91 Å². The van der Waals surface area contributed by atoms with Crippen LogP contribution in [0.5, 0.6) is 11.5 Å². The first-order valence-electron chi connectivity index (χ1n) is 6.55. The number of aromatic hydroxyl groups is 2. The first kappa shape index (κ1) is 18.0. The number of hydrogen-bond donors (Lipinski definition) is 3. The third-order valence-electron chi connectivity index (χ3n) is 2.68. The number of carbonyl (C=O) groups is 3. The van der Waals surface area contributed by atoms with E-state index in [1.165, 1.54) is 31.2 Å². The summed E-state index contributed by atoms with van der Waals surface area (Å²) in [7, 11) is 1.14. The summed E-state index contributed by atoms with van der Waals surface area (Å²) in [5.74, 6) is -2.58. The Kier molecular flexibility index (Phi) is 6.60. The molecule has 0 spiro atoms. The molecule has 1 amide bonds. The molecule has 8 heteroatoms. The quantitative estimate of drug-likeness (QED) is 0.392. The second-order valence-electron chi connectivity index (χ2n) is 4.47. The molecular weight excluding hydrogens is 306 g/mol. The number of ether oxygens (including phenoxy) is 2. The van der Waals surface area contributed by atoms with Crippen molar-refractivity contribution in [2.75, 3.05) is 13.7 Å². The van der Waals surface area contributed by atoms with Gasteiger partial charge in [-0.2, -0.15) is 0 Å². The zero-order valence-corrected chi connectivity index (χ0v) is 12.6. The molecule has 0 saturated carbocycles. The van der Waals surface area contributed by atoms with Crippen molar-refractivity contribution in [3.63, 3.8) is 0 Å². The molecule has 23 heavy (non-hydrogen) atoms. The van der Waals surface area contributed by atoms with E-state index < -0.39 is 23.9 Å². The molecule has 124 valence electrons. The van der Waals surface area contributed by atoms with Crippen molar-refractivity contribution < 1.29 is 34.1 Å². The van der Waals surface area contributed by atoms with E-state index in [1.807, 2.05) is 0 Å². The Morgan fingerprint density at radius 3 is 2.52 bits per heavy atom. The van der Waals surface area contributed by atoms with Crippen LogP contribution in [0.15, 0.2) is 24.3 Å². The molecular formula is C15H17NO7. The van der Waals surface area contributed by atoms with E-state index in [0.29, 0.717) is 5.56 Å². The van der Waals surface area contributed by atoms with Crippen LogP contribution in [0.1, 0.15) is 12.5 Å². The topological polar surface area (TPSA) is 122 Å². The Bertz CT molecular complexity index is 624. The predicted octanol–water partition coefficient (Wildman–Crippen LogP) is 0.332. The summed E-state index contributed by atoms with van der Waals surface area (Å²) >= 11 is 0. The first-order valence-corrected chi connectivity index (χ1v) is 6.55. The van der Waals surface area contributed by atoms with Crippen LogP contribution in [-0.2, 0) is 23.9 Å². The fraction of sp³-hybridized carbons (Fsp3) is 0.267. The lowest BCUT2D eigenvalue weighted by Gasteiger charge is -2.14. The number of benzene rings is 1. The number of esters is 2. The fourth-order valence-corrected chi connectivity index (χ4v) is 1.55. The van der Waals surface area contributed by atoms with E-state index >= 15 is 0 Å². The molecule has 0 heterocycles. The van der Waals surface area contributed by atoms with Gasteiger partial charge in [-0.1, -0.05) is 6.07 Å². The zero-order valence-electron chi connectivity index (χ0n) is 12.6. The maximum Gasteiger partial charge on any atom is 0.331 e. The molecule has 1 aromatic carbocycles. The second-order valence-corrected chi connectivity index (χ2v) is 4.47. The van der Waals surface area contributed by atoms with E-state index in [9.17, 15) is 24.6 Å². The number of rotatable bonds is 6. The highest BCUT2D eigenvalue weighted by Gasteiger charge is 2.21. The van der Waals surface area contributed by atoms with Crippen LogP contribution in [0.25, 0.3) is 6.08 Å². The van der Waals surface area contributed by atoms with Crippen molar-refractivity contribution >= 4 is 23.9 Å². The van der Waals surface area contributed by atoms with Crippen molar-refractivity contribution in [2.24, 2.45) is 0 Å². The Labute approximate surface area is 132 Å². The SMILES string of the molecule is COC(=O)[C@H](COC(C)=O)NC(=O)/C=C/c1ccc(O)c(O)c1. The first-order chi connectivity index (χ1) is 10.8. The standard InChI is InChI=1S/C15H17NO7/c1-9(17)23-8-11(15(21)22-2)16-14(20)6-4-10-3-5-12(18)13(19)7-10/h3-7,11,18-19H,8H2,1-2H3,(H,16,20)/b6-4+/t11-/m0/s1. The second kappa shape index (κ2) is 8.42. The summed E-state index contributed by atoms with van der Waals surface area (Å²) in [5, 5.41) is 20.9. The van der Waals surface area contributed by atoms with Gasteiger partial charge in [-0.05, 0) is 23.8 Å². The molecule has 1 rings (SSSR count). The van der Waals surface area contributed by atoms with Gasteiger partial charge in [0.15, 0.2) is 17.5 Å². The highest BCUT2D eigenvalue weighted by Crippen LogP contribution is 2.25. The number of hydrogen-bond acceptors (Lipinski definition) is 7. The Morgan fingerprint density at radius 2 is 1.96 bits per heavy atom. The van der Waals surface area contributed by atoms with Crippen LogP contribution < -0.4 is 5.32 Å². The molecule has 0 aromatic heterocycles. The molecule has 3 N–H and O–H groups in total. The third-order valence-corrected chi connectivity index (χ3v) is 2.68. The molecule has 0 radical (unpaired) electrons. The van der Waals surface area contributed by atoms with Gasteiger partial charge < -0.3 is 25.0 Å². The van der Waals surface area contributed by atoms with Gasteiger partial charge in [0.1, 0.15) is 6.61 Å². The summed E-state index contributed by atoms with van der Waals surface area (Å²) in [4.78, 5) is 34.1. The van der Waals surface area contributed by atoms with Crippen LogP contribution in [0.2, 0.25) is 0 Å². The number of methoxy groups -OCH3 is 1. The maximum absolute atomic E-state index is 11.8. The summed E-state index contributed by atoms with van der Waals surface area (Å²) in [5.41, 5.74) is 0.463. The molecule has 0 aliphatic carbocycles. The normalized spacial score (nSPS) is 11.7. The number of phenolic OH excluding ortho intramolecular Hbond substituents is 2. The molecule has 0 aliphatic heterocycles. The molecule has 0 saturated heterocycles. The van der Waals surface area contributed by atoms with Gasteiger partial charge in [0.25, 0.3) is 0 Å². The summed E-state index contributed by atoms with van der Waals surface area (Å²) in [6, 6.07) is 2.88. The van der Waals surface area contributed by atoms with Gasteiger partial charge in [-0.3, -0.25) is 9.59 Å². The molecule has 0 aliphatic rings. The average Bonchev–Trinajstić information content (AvgIpc) is 2.51. The Balaban J connectivity index is 2.70. The zero-order chi connectivity index (χ0) is 17.4. The summed E-state index contributed by atoms with van der Waals surface area (Å²) < 4.78 is 9.19. The smallest absolute Gasteiger partial charge is 0.331 e. The van der Waals surface area contributed by atoms with Crippen LogP contribution in [0, 0.1) is 0 Å².